The SMILES string of the molecule is C=CCCc1nc(-c2cc(-c3nc4cccnc4n3-c3ccccc3)cc(-c3nc4cccnc4n3-c3ccccc3)c2)n(-c2ccccc2)c1C. The summed E-state index contributed by atoms with van der Waals surface area (Å²) in [7, 11) is 0. The van der Waals surface area contributed by atoms with Gasteiger partial charge in [-0.25, -0.2) is 24.9 Å². The van der Waals surface area contributed by atoms with Crippen molar-refractivity contribution in [2.24, 2.45) is 0 Å². The highest BCUT2D eigenvalue weighted by Crippen LogP contribution is 2.38. The van der Waals surface area contributed by atoms with Gasteiger partial charge in [0.15, 0.2) is 11.3 Å². The van der Waals surface area contributed by atoms with Crippen molar-refractivity contribution in [1.29, 1.82) is 0 Å². The van der Waals surface area contributed by atoms with Gasteiger partial charge in [0.1, 0.15) is 28.5 Å². The van der Waals surface area contributed by atoms with Gasteiger partial charge in [-0.05, 0) is 98.6 Å². The summed E-state index contributed by atoms with van der Waals surface area (Å²) in [4.78, 5) is 25.4. The lowest BCUT2D eigenvalue weighted by atomic mass is 10.0. The van der Waals surface area contributed by atoms with Crippen LogP contribution in [0, 0.1) is 6.92 Å². The largest absolute Gasteiger partial charge is 0.297 e. The minimum atomic E-state index is 0.768. The number of imidazole rings is 3. The Morgan fingerprint density at radius 2 is 0.942 bits per heavy atom. The molecule has 5 aromatic heterocycles. The number of allylic oxidation sites excluding steroid dienone is 1. The van der Waals surface area contributed by atoms with Gasteiger partial charge >= 0.3 is 0 Å². The lowest BCUT2D eigenvalue weighted by Gasteiger charge is -2.15. The number of rotatable bonds is 9. The predicted octanol–water partition coefficient (Wildman–Crippen LogP) is 9.77. The van der Waals surface area contributed by atoms with Crippen LogP contribution in [0.25, 0.3) is 73.6 Å². The third kappa shape index (κ3) is 5.38. The second-order valence-electron chi connectivity index (χ2n) is 12.7. The summed E-state index contributed by atoms with van der Waals surface area (Å²) in [6.07, 6.45) is 7.20. The van der Waals surface area contributed by atoms with Gasteiger partial charge in [-0.1, -0.05) is 60.7 Å². The lowest BCUT2D eigenvalue weighted by Crippen LogP contribution is -2.03. The molecular formula is C44H34N8. The highest BCUT2D eigenvalue weighted by Gasteiger charge is 2.23. The molecule has 9 rings (SSSR count). The molecule has 0 aliphatic rings. The van der Waals surface area contributed by atoms with Crippen molar-refractivity contribution >= 4 is 22.3 Å². The van der Waals surface area contributed by atoms with Crippen LogP contribution in [0.3, 0.4) is 0 Å². The molecule has 0 N–H and O–H groups in total. The molecule has 0 saturated carbocycles. The molecule has 0 amide bonds. The fourth-order valence-electron chi connectivity index (χ4n) is 6.98. The quantitative estimate of drug-likeness (QED) is 0.143. The number of benzene rings is 4. The van der Waals surface area contributed by atoms with Crippen LogP contribution in [0.5, 0.6) is 0 Å². The highest BCUT2D eigenvalue weighted by molar-refractivity contribution is 5.86. The van der Waals surface area contributed by atoms with E-state index in [1.807, 2.05) is 85.2 Å². The normalized spacial score (nSPS) is 11.4. The standard InChI is InChI=1S/C44H34N8/c1-3-4-22-37-30(2)50(34-16-8-5-9-17-34)40(47-37)31-27-32(41-48-38-23-14-25-45-43(38)51(41)35-18-10-6-11-19-35)29-33(28-31)42-49-39-24-15-26-46-44(39)52(42)36-20-12-7-13-21-36/h3,5-21,23-29H,1,4,22H2,2H3. The van der Waals surface area contributed by atoms with E-state index < -0.39 is 0 Å². The van der Waals surface area contributed by atoms with Gasteiger partial charge in [-0.3, -0.25) is 13.7 Å². The van der Waals surface area contributed by atoms with E-state index in [-0.39, 0.29) is 0 Å². The van der Waals surface area contributed by atoms with E-state index in [1.54, 1.807) is 0 Å². The molecule has 0 bridgehead atoms. The molecule has 0 spiro atoms. The Bertz CT molecular complexity index is 2570. The van der Waals surface area contributed by atoms with Crippen molar-refractivity contribution in [2.75, 3.05) is 0 Å². The van der Waals surface area contributed by atoms with Gasteiger partial charge in [0.2, 0.25) is 0 Å². The van der Waals surface area contributed by atoms with Gasteiger partial charge in [-0.2, -0.15) is 0 Å². The van der Waals surface area contributed by atoms with E-state index in [0.29, 0.717) is 0 Å². The number of para-hydroxylation sites is 3. The Hall–Kier alpha value is -6.93. The maximum atomic E-state index is 5.35. The van der Waals surface area contributed by atoms with Crippen LogP contribution in [0.2, 0.25) is 0 Å². The summed E-state index contributed by atoms with van der Waals surface area (Å²) in [5.74, 6) is 2.38. The van der Waals surface area contributed by atoms with Gasteiger partial charge in [-0.15, -0.1) is 6.58 Å². The minimum Gasteiger partial charge on any atom is -0.297 e. The Morgan fingerprint density at radius 1 is 0.519 bits per heavy atom. The van der Waals surface area contributed by atoms with Crippen molar-refractivity contribution < 1.29 is 0 Å². The lowest BCUT2D eigenvalue weighted by molar-refractivity contribution is 0.934. The molecule has 0 unspecified atom stereocenters. The molecule has 250 valence electrons. The number of nitrogens with zero attached hydrogens (tertiary/aromatic N) is 8. The van der Waals surface area contributed by atoms with Crippen LogP contribution >= 0.6 is 0 Å². The molecule has 0 fully saturated rings. The molecule has 9 aromatic rings. The van der Waals surface area contributed by atoms with Gasteiger partial charge in [0, 0.05) is 51.8 Å². The smallest absolute Gasteiger partial charge is 0.164 e. The first kappa shape index (κ1) is 31.1. The molecule has 0 aliphatic heterocycles. The maximum absolute atomic E-state index is 5.35. The number of aromatic nitrogens is 8. The van der Waals surface area contributed by atoms with Gasteiger partial charge in [0.25, 0.3) is 0 Å². The Labute approximate surface area is 301 Å². The van der Waals surface area contributed by atoms with Crippen LogP contribution < -0.4 is 0 Å². The molecule has 0 aliphatic carbocycles. The summed E-state index contributed by atoms with van der Waals surface area (Å²) in [6.45, 7) is 6.13. The Morgan fingerprint density at radius 3 is 1.38 bits per heavy atom. The first-order valence-corrected chi connectivity index (χ1v) is 17.4. The molecule has 52 heavy (non-hydrogen) atoms. The molecule has 5 heterocycles. The second kappa shape index (κ2) is 13.1. The molecule has 0 saturated heterocycles. The summed E-state index contributed by atoms with van der Waals surface area (Å²) in [5.41, 5.74) is 11.0. The number of pyridine rings is 2. The summed E-state index contributed by atoms with van der Waals surface area (Å²) < 4.78 is 6.51. The minimum absolute atomic E-state index is 0.768. The number of aryl methyl sites for hydroxylation is 1. The molecule has 0 atom stereocenters. The van der Waals surface area contributed by atoms with E-state index in [0.717, 1.165) is 97.8 Å². The van der Waals surface area contributed by atoms with E-state index in [1.165, 1.54) is 0 Å². The summed E-state index contributed by atoms with van der Waals surface area (Å²) in [5, 5.41) is 0. The molecule has 4 aromatic carbocycles. The average molecular weight is 675 g/mol. The van der Waals surface area contributed by atoms with Crippen molar-refractivity contribution in [3.05, 3.63) is 170 Å². The zero-order valence-corrected chi connectivity index (χ0v) is 28.6. The van der Waals surface area contributed by atoms with E-state index in [4.69, 9.17) is 24.9 Å². The van der Waals surface area contributed by atoms with E-state index >= 15 is 0 Å². The fourth-order valence-corrected chi connectivity index (χ4v) is 6.98. The summed E-state index contributed by atoms with van der Waals surface area (Å²) in [6, 6.07) is 45.4. The van der Waals surface area contributed by atoms with Crippen LogP contribution in [0.1, 0.15) is 17.8 Å². The first-order valence-electron chi connectivity index (χ1n) is 17.4. The van der Waals surface area contributed by atoms with Crippen LogP contribution in [-0.4, -0.2) is 38.6 Å². The van der Waals surface area contributed by atoms with Crippen LogP contribution in [0.15, 0.2) is 159 Å². The van der Waals surface area contributed by atoms with Crippen LogP contribution in [0.4, 0.5) is 0 Å². The zero-order valence-electron chi connectivity index (χ0n) is 28.6. The summed E-state index contributed by atoms with van der Waals surface area (Å²) >= 11 is 0. The van der Waals surface area contributed by atoms with Gasteiger partial charge < -0.3 is 0 Å². The molecular weight excluding hydrogens is 641 g/mol. The maximum Gasteiger partial charge on any atom is 0.164 e. The zero-order chi connectivity index (χ0) is 35.0. The predicted molar refractivity (Wildman–Crippen MR) is 208 cm³/mol. The van der Waals surface area contributed by atoms with E-state index in [2.05, 4.69) is 93.9 Å². The van der Waals surface area contributed by atoms with Crippen LogP contribution in [-0.2, 0) is 6.42 Å². The Kier molecular flexibility index (Phi) is 7.82. The van der Waals surface area contributed by atoms with Crippen molar-refractivity contribution in [3.63, 3.8) is 0 Å². The van der Waals surface area contributed by atoms with Gasteiger partial charge in [0.05, 0.1) is 5.69 Å². The number of fused-ring (bicyclic) bond motifs is 2. The molecule has 8 heteroatoms. The average Bonchev–Trinajstić information content (AvgIpc) is 3.89. The topological polar surface area (TPSA) is 79.2 Å². The van der Waals surface area contributed by atoms with Crippen molar-refractivity contribution in [1.82, 2.24) is 38.6 Å². The second-order valence-corrected chi connectivity index (χ2v) is 12.7. The van der Waals surface area contributed by atoms with Crippen molar-refractivity contribution in [2.45, 2.75) is 19.8 Å². The third-order valence-electron chi connectivity index (χ3n) is 9.37. The fraction of sp³-hybridized carbons (Fsp3) is 0.0682. The third-order valence-corrected chi connectivity index (χ3v) is 9.37. The molecule has 8 nitrogen and oxygen atoms in total. The monoisotopic (exact) mass is 674 g/mol. The van der Waals surface area contributed by atoms with E-state index in [9.17, 15) is 0 Å². The molecule has 0 radical (unpaired) electrons. The first-order chi connectivity index (χ1) is 25.7. The number of hydrogen-bond donors (Lipinski definition) is 0. The van der Waals surface area contributed by atoms with Crippen molar-refractivity contribution in [3.8, 4) is 51.2 Å². The number of hydrogen-bond acceptors (Lipinski definition) is 5. The highest BCUT2D eigenvalue weighted by atomic mass is 15.1. The Balaban J connectivity index is 1.37.